The largest absolute Gasteiger partial charge is 0.467 e. The van der Waals surface area contributed by atoms with Crippen LogP contribution in [-0.2, 0) is 28.5 Å². The van der Waals surface area contributed by atoms with Crippen LogP contribution in [0, 0.1) is 0 Å². The summed E-state index contributed by atoms with van der Waals surface area (Å²) in [5, 5.41) is 70.0. The quantitative estimate of drug-likeness (QED) is 0.177. The second-order valence-corrected chi connectivity index (χ2v) is 8.00. The summed E-state index contributed by atoms with van der Waals surface area (Å²) in [6.07, 6.45) is -17.1. The predicted octanol–water partition coefficient (Wildman–Crippen LogP) is -3.46. The molecule has 0 bridgehead atoms. The Hall–Kier alpha value is -1.75. The van der Waals surface area contributed by atoms with Crippen LogP contribution in [0.1, 0.15) is 11.7 Å². The van der Waals surface area contributed by atoms with Gasteiger partial charge >= 0.3 is 5.97 Å². The third-order valence-corrected chi connectivity index (χ3v) is 5.73. The normalized spacial score (nSPS) is 39.4. The molecule has 0 saturated carbocycles. The zero-order chi connectivity index (χ0) is 25.0. The summed E-state index contributed by atoms with van der Waals surface area (Å²) >= 11 is 0. The zero-order valence-electron chi connectivity index (χ0n) is 18.2. The summed E-state index contributed by atoms with van der Waals surface area (Å²) in [4.78, 5) is 12.3. The smallest absolute Gasteiger partial charge is 0.339 e. The van der Waals surface area contributed by atoms with Crippen molar-refractivity contribution in [1.29, 1.82) is 0 Å². The van der Waals surface area contributed by atoms with Crippen LogP contribution in [0.15, 0.2) is 30.3 Å². The molecule has 13 nitrogen and oxygen atoms in total. The average Bonchev–Trinajstić information content (AvgIpc) is 2.86. The highest BCUT2D eigenvalue weighted by Crippen LogP contribution is 2.29. The first-order valence-electron chi connectivity index (χ1n) is 10.6. The van der Waals surface area contributed by atoms with Gasteiger partial charge in [0.1, 0.15) is 48.8 Å². The summed E-state index contributed by atoms with van der Waals surface area (Å²) < 4.78 is 26.5. The van der Waals surface area contributed by atoms with Crippen LogP contribution >= 0.6 is 0 Å². The van der Waals surface area contributed by atoms with E-state index in [-0.39, 0.29) is 0 Å². The molecular formula is C21H30O13. The van der Waals surface area contributed by atoms with E-state index in [4.69, 9.17) is 23.7 Å². The fraction of sp³-hybridized carbons (Fsp3) is 0.667. The van der Waals surface area contributed by atoms with Crippen LogP contribution in [-0.4, -0.2) is 123 Å². The van der Waals surface area contributed by atoms with Gasteiger partial charge in [-0.15, -0.1) is 0 Å². The molecule has 1 aromatic carbocycles. The maximum atomic E-state index is 12.3. The molecule has 2 aliphatic heterocycles. The lowest BCUT2D eigenvalue weighted by Gasteiger charge is -2.43. The number of benzene rings is 1. The number of hydrogen-bond acceptors (Lipinski definition) is 13. The highest BCUT2D eigenvalue weighted by Gasteiger charge is 2.48. The molecular weight excluding hydrogens is 460 g/mol. The van der Waals surface area contributed by atoms with Crippen LogP contribution in [0.25, 0.3) is 0 Å². The number of esters is 1. The number of aliphatic hydroxyl groups is 7. The first kappa shape index (κ1) is 26.8. The lowest BCUT2D eigenvalue weighted by Crippen LogP contribution is -2.61. The standard InChI is InChI=1S/C21H30O13/c1-30-19(29)18(9-5-3-2-4-6-9)34-21-17(28)15(26)13(24)11(33-21)8-31-20-16(27)14(25)12(23)10(7-22)32-20/h2-6,10-18,20-28H,7-8H2,1H3/t10-,11-,12-,13-,14+,15+,16-,17-,18+,20-,21+/m1/s1. The molecule has 7 N–H and O–H groups in total. The van der Waals surface area contributed by atoms with Gasteiger partial charge in [0.25, 0.3) is 0 Å². The Morgan fingerprint density at radius 1 is 0.853 bits per heavy atom. The molecule has 2 aliphatic rings. The van der Waals surface area contributed by atoms with Gasteiger partial charge in [0, 0.05) is 0 Å². The monoisotopic (exact) mass is 490 g/mol. The number of methoxy groups -OCH3 is 1. The van der Waals surface area contributed by atoms with Gasteiger partial charge in [0.2, 0.25) is 0 Å². The van der Waals surface area contributed by atoms with E-state index < -0.39 is 86.7 Å². The second kappa shape index (κ2) is 11.8. The number of carbonyl (C=O) groups excluding carboxylic acids is 1. The Morgan fingerprint density at radius 3 is 2.00 bits per heavy atom. The van der Waals surface area contributed by atoms with Crippen molar-refractivity contribution in [3.05, 3.63) is 35.9 Å². The first-order chi connectivity index (χ1) is 16.2. The number of rotatable bonds is 8. The molecule has 0 spiro atoms. The van der Waals surface area contributed by atoms with Crippen molar-refractivity contribution in [1.82, 2.24) is 0 Å². The van der Waals surface area contributed by atoms with E-state index in [2.05, 4.69) is 0 Å². The number of hydrogen-bond donors (Lipinski definition) is 7. The Kier molecular flexibility index (Phi) is 9.31. The molecule has 0 aromatic heterocycles. The van der Waals surface area contributed by atoms with Gasteiger partial charge in [-0.25, -0.2) is 4.79 Å². The van der Waals surface area contributed by atoms with Crippen LogP contribution in [0.2, 0.25) is 0 Å². The van der Waals surface area contributed by atoms with E-state index in [1.54, 1.807) is 30.3 Å². The molecule has 34 heavy (non-hydrogen) atoms. The van der Waals surface area contributed by atoms with Gasteiger partial charge in [0.05, 0.1) is 20.3 Å². The number of aliphatic hydroxyl groups excluding tert-OH is 7. The van der Waals surface area contributed by atoms with Crippen molar-refractivity contribution in [2.75, 3.05) is 20.3 Å². The minimum absolute atomic E-state index is 0.389. The summed E-state index contributed by atoms with van der Waals surface area (Å²) in [7, 11) is 1.15. The number of carbonyl (C=O) groups is 1. The van der Waals surface area contributed by atoms with Gasteiger partial charge in [-0.3, -0.25) is 0 Å². The van der Waals surface area contributed by atoms with Crippen LogP contribution in [0.4, 0.5) is 0 Å². The molecule has 0 amide bonds. The number of ether oxygens (including phenoxy) is 5. The van der Waals surface area contributed by atoms with Crippen LogP contribution in [0.5, 0.6) is 0 Å². The van der Waals surface area contributed by atoms with Crippen molar-refractivity contribution >= 4 is 5.97 Å². The molecule has 11 atom stereocenters. The Balaban J connectivity index is 1.70. The third kappa shape index (κ3) is 5.72. The fourth-order valence-electron chi connectivity index (χ4n) is 3.70. The highest BCUT2D eigenvalue weighted by atomic mass is 16.7. The van der Waals surface area contributed by atoms with Crippen molar-refractivity contribution in [3.8, 4) is 0 Å². The average molecular weight is 490 g/mol. The van der Waals surface area contributed by atoms with Crippen LogP contribution in [0.3, 0.4) is 0 Å². The van der Waals surface area contributed by atoms with Gasteiger partial charge in [-0.1, -0.05) is 30.3 Å². The Bertz CT molecular complexity index is 777. The molecule has 2 fully saturated rings. The van der Waals surface area contributed by atoms with E-state index >= 15 is 0 Å². The molecule has 0 aliphatic carbocycles. The summed E-state index contributed by atoms with van der Waals surface area (Å²) in [6, 6.07) is 8.20. The molecule has 0 unspecified atom stereocenters. The summed E-state index contributed by atoms with van der Waals surface area (Å²) in [5.74, 6) is -0.795. The van der Waals surface area contributed by atoms with E-state index in [0.29, 0.717) is 5.56 Å². The predicted molar refractivity (Wildman–Crippen MR) is 109 cm³/mol. The van der Waals surface area contributed by atoms with Crippen molar-refractivity contribution in [2.24, 2.45) is 0 Å². The maximum absolute atomic E-state index is 12.3. The summed E-state index contributed by atoms with van der Waals surface area (Å²) in [6.45, 7) is -1.19. The highest BCUT2D eigenvalue weighted by molar-refractivity contribution is 5.76. The van der Waals surface area contributed by atoms with E-state index in [9.17, 15) is 40.5 Å². The fourth-order valence-corrected chi connectivity index (χ4v) is 3.70. The molecule has 13 heteroatoms. The van der Waals surface area contributed by atoms with Crippen molar-refractivity contribution in [3.63, 3.8) is 0 Å². The van der Waals surface area contributed by atoms with Gasteiger partial charge in [-0.05, 0) is 5.56 Å². The van der Waals surface area contributed by atoms with Crippen LogP contribution < -0.4 is 0 Å². The molecule has 0 radical (unpaired) electrons. The third-order valence-electron chi connectivity index (χ3n) is 5.73. The molecule has 2 heterocycles. The Morgan fingerprint density at radius 2 is 1.41 bits per heavy atom. The van der Waals surface area contributed by atoms with E-state index in [1.807, 2.05) is 0 Å². The van der Waals surface area contributed by atoms with Crippen molar-refractivity contribution < 1.29 is 64.2 Å². The lowest BCUT2D eigenvalue weighted by atomic mass is 9.98. The lowest BCUT2D eigenvalue weighted by molar-refractivity contribution is -0.335. The van der Waals surface area contributed by atoms with Gasteiger partial charge in [0.15, 0.2) is 18.7 Å². The maximum Gasteiger partial charge on any atom is 0.339 e. The zero-order valence-corrected chi connectivity index (χ0v) is 18.2. The molecule has 3 rings (SSSR count). The molecule has 1 aromatic rings. The topological polar surface area (TPSA) is 205 Å². The van der Waals surface area contributed by atoms with Gasteiger partial charge in [-0.2, -0.15) is 0 Å². The van der Waals surface area contributed by atoms with E-state index in [1.165, 1.54) is 0 Å². The second-order valence-electron chi connectivity index (χ2n) is 8.00. The molecule has 192 valence electrons. The minimum Gasteiger partial charge on any atom is -0.467 e. The van der Waals surface area contributed by atoms with E-state index in [0.717, 1.165) is 7.11 Å². The molecule has 2 saturated heterocycles. The van der Waals surface area contributed by atoms with Gasteiger partial charge < -0.3 is 59.4 Å². The SMILES string of the molecule is COC(=O)[C@@H](O[C@@H]1O[C@H](CO[C@@H]2O[C@H](CO)[C@@H](O)[C@H](O)[C@H]2O)[C@@H](O)[C@H](O)[C@H]1O)c1ccccc1. The Labute approximate surface area is 194 Å². The first-order valence-corrected chi connectivity index (χ1v) is 10.6. The summed E-state index contributed by atoms with van der Waals surface area (Å²) in [5.41, 5.74) is 0.389. The van der Waals surface area contributed by atoms with Crippen molar-refractivity contribution in [2.45, 2.75) is 67.5 Å². The minimum atomic E-state index is -1.75.